The molecule has 0 aliphatic carbocycles. The number of hydrogen-bond donors (Lipinski definition) is 2. The van der Waals surface area contributed by atoms with E-state index in [-0.39, 0.29) is 10.7 Å². The van der Waals surface area contributed by atoms with Gasteiger partial charge in [-0.3, -0.25) is 0 Å². The molecule has 0 saturated carbocycles. The van der Waals surface area contributed by atoms with Crippen LogP contribution in [-0.4, -0.2) is 43.5 Å². The number of hydrogen-bond acceptors (Lipinski definition) is 5. The van der Waals surface area contributed by atoms with Crippen LogP contribution in [0.4, 0.5) is 0 Å². The fraction of sp³-hybridized carbons (Fsp3) is 0.417. The van der Waals surface area contributed by atoms with E-state index in [0.29, 0.717) is 25.1 Å². The molecule has 2 rings (SSSR count). The molecular formula is C12H17N3O4S. The molecule has 1 unspecified atom stereocenters. The molecule has 1 aromatic rings. The number of sulfonamides is 1. The molecule has 20 heavy (non-hydrogen) atoms. The van der Waals surface area contributed by atoms with E-state index in [9.17, 15) is 8.42 Å². The van der Waals surface area contributed by atoms with E-state index >= 15 is 0 Å². The smallest absolute Gasteiger partial charge is 0.243 e. The van der Waals surface area contributed by atoms with E-state index in [0.717, 1.165) is 0 Å². The van der Waals surface area contributed by atoms with Crippen molar-refractivity contribution < 1.29 is 18.4 Å². The lowest BCUT2D eigenvalue weighted by Crippen LogP contribution is -2.43. The SMILES string of the molecule is COc1ccc(S(=O)(=O)N2CCCC2C(N)=NO)cc1. The van der Waals surface area contributed by atoms with E-state index in [1.165, 1.54) is 23.5 Å². The monoisotopic (exact) mass is 299 g/mol. The molecular weight excluding hydrogens is 282 g/mol. The Hall–Kier alpha value is -1.80. The fourth-order valence-corrected chi connectivity index (χ4v) is 3.94. The number of nitrogens with two attached hydrogens (primary N) is 1. The lowest BCUT2D eigenvalue weighted by Gasteiger charge is -2.23. The molecule has 1 fully saturated rings. The largest absolute Gasteiger partial charge is 0.497 e. The molecule has 110 valence electrons. The molecule has 8 heteroatoms. The van der Waals surface area contributed by atoms with Crippen molar-refractivity contribution in [2.75, 3.05) is 13.7 Å². The van der Waals surface area contributed by atoms with Gasteiger partial charge in [-0.1, -0.05) is 5.16 Å². The first-order valence-corrected chi connectivity index (χ1v) is 7.58. The number of ether oxygens (including phenoxy) is 1. The Balaban J connectivity index is 2.33. The number of rotatable bonds is 4. The summed E-state index contributed by atoms with van der Waals surface area (Å²) in [5.74, 6) is 0.498. The zero-order valence-electron chi connectivity index (χ0n) is 11.1. The molecule has 1 aliphatic rings. The molecule has 0 bridgehead atoms. The molecule has 1 saturated heterocycles. The molecule has 0 spiro atoms. The molecule has 1 aliphatic heterocycles. The summed E-state index contributed by atoms with van der Waals surface area (Å²) in [5.41, 5.74) is 5.56. The van der Waals surface area contributed by atoms with Gasteiger partial charge in [-0.05, 0) is 37.1 Å². The van der Waals surface area contributed by atoms with Crippen LogP contribution in [0.15, 0.2) is 34.3 Å². The predicted octanol–water partition coefficient (Wildman–Crippen LogP) is 0.595. The third-order valence-corrected chi connectivity index (χ3v) is 5.25. The van der Waals surface area contributed by atoms with Crippen LogP contribution in [0.3, 0.4) is 0 Å². The number of oxime groups is 1. The van der Waals surface area contributed by atoms with Crippen molar-refractivity contribution in [3.8, 4) is 5.75 Å². The highest BCUT2D eigenvalue weighted by Gasteiger charge is 2.37. The van der Waals surface area contributed by atoms with Crippen molar-refractivity contribution in [3.05, 3.63) is 24.3 Å². The Bertz CT molecular complexity index is 598. The van der Waals surface area contributed by atoms with Gasteiger partial charge in [0, 0.05) is 6.54 Å². The normalized spacial score (nSPS) is 21.1. The van der Waals surface area contributed by atoms with Gasteiger partial charge in [0.25, 0.3) is 0 Å². The maximum Gasteiger partial charge on any atom is 0.243 e. The van der Waals surface area contributed by atoms with Gasteiger partial charge in [-0.2, -0.15) is 4.31 Å². The van der Waals surface area contributed by atoms with E-state index in [2.05, 4.69) is 5.16 Å². The zero-order chi connectivity index (χ0) is 14.8. The van der Waals surface area contributed by atoms with Crippen molar-refractivity contribution in [1.82, 2.24) is 4.31 Å². The molecule has 7 nitrogen and oxygen atoms in total. The van der Waals surface area contributed by atoms with Crippen molar-refractivity contribution in [1.29, 1.82) is 0 Å². The maximum atomic E-state index is 12.6. The van der Waals surface area contributed by atoms with Crippen LogP contribution in [0.2, 0.25) is 0 Å². The van der Waals surface area contributed by atoms with Crippen LogP contribution in [0.5, 0.6) is 5.75 Å². The molecule has 1 atom stereocenters. The highest BCUT2D eigenvalue weighted by Crippen LogP contribution is 2.27. The Morgan fingerprint density at radius 3 is 2.65 bits per heavy atom. The highest BCUT2D eigenvalue weighted by molar-refractivity contribution is 7.89. The van der Waals surface area contributed by atoms with Crippen molar-refractivity contribution in [3.63, 3.8) is 0 Å². The van der Waals surface area contributed by atoms with Crippen LogP contribution in [-0.2, 0) is 10.0 Å². The van der Waals surface area contributed by atoms with Gasteiger partial charge in [-0.15, -0.1) is 0 Å². The summed E-state index contributed by atoms with van der Waals surface area (Å²) in [6, 6.07) is 5.54. The van der Waals surface area contributed by atoms with Gasteiger partial charge in [0.1, 0.15) is 5.75 Å². The molecule has 0 amide bonds. The summed E-state index contributed by atoms with van der Waals surface area (Å²) in [7, 11) is -2.15. The van der Waals surface area contributed by atoms with E-state index < -0.39 is 16.1 Å². The number of nitrogens with zero attached hydrogens (tertiary/aromatic N) is 2. The van der Waals surface area contributed by atoms with E-state index in [4.69, 9.17) is 15.7 Å². The van der Waals surface area contributed by atoms with Crippen LogP contribution < -0.4 is 10.5 Å². The molecule has 3 N–H and O–H groups in total. The Morgan fingerprint density at radius 2 is 2.10 bits per heavy atom. The minimum absolute atomic E-state index is 0.0837. The first kappa shape index (κ1) is 14.6. The average molecular weight is 299 g/mol. The van der Waals surface area contributed by atoms with Crippen LogP contribution in [0.25, 0.3) is 0 Å². The minimum Gasteiger partial charge on any atom is -0.497 e. The highest BCUT2D eigenvalue weighted by atomic mass is 32.2. The Labute approximate surface area is 117 Å². The van der Waals surface area contributed by atoms with Gasteiger partial charge in [0.05, 0.1) is 18.0 Å². The number of amidine groups is 1. The van der Waals surface area contributed by atoms with Crippen molar-refractivity contribution in [2.45, 2.75) is 23.8 Å². The average Bonchev–Trinajstić information content (AvgIpc) is 2.96. The Morgan fingerprint density at radius 1 is 1.45 bits per heavy atom. The van der Waals surface area contributed by atoms with Gasteiger partial charge in [-0.25, -0.2) is 8.42 Å². The van der Waals surface area contributed by atoms with Gasteiger partial charge >= 0.3 is 0 Å². The zero-order valence-corrected chi connectivity index (χ0v) is 11.9. The molecule has 1 aromatic carbocycles. The van der Waals surface area contributed by atoms with E-state index in [1.807, 2.05) is 0 Å². The van der Waals surface area contributed by atoms with Gasteiger partial charge in [0.2, 0.25) is 10.0 Å². The molecule has 0 aromatic heterocycles. The summed E-state index contributed by atoms with van der Waals surface area (Å²) >= 11 is 0. The topological polar surface area (TPSA) is 105 Å². The number of methoxy groups -OCH3 is 1. The van der Waals surface area contributed by atoms with Crippen molar-refractivity contribution in [2.24, 2.45) is 10.9 Å². The van der Waals surface area contributed by atoms with E-state index in [1.54, 1.807) is 12.1 Å². The van der Waals surface area contributed by atoms with Crippen LogP contribution in [0, 0.1) is 0 Å². The summed E-state index contributed by atoms with van der Waals surface area (Å²) in [4.78, 5) is 0.163. The number of benzene rings is 1. The first-order chi connectivity index (χ1) is 9.50. The molecule has 0 radical (unpaired) electrons. The van der Waals surface area contributed by atoms with Gasteiger partial charge < -0.3 is 15.7 Å². The standard InChI is InChI=1S/C12H17N3O4S/c1-19-9-4-6-10(7-5-9)20(17,18)15-8-2-3-11(15)12(13)14-16/h4-7,11,16H,2-3,8H2,1H3,(H2,13,14). The maximum absolute atomic E-state index is 12.6. The summed E-state index contributed by atoms with van der Waals surface area (Å²) in [6.45, 7) is 0.356. The second kappa shape index (κ2) is 5.68. The molecule has 1 heterocycles. The second-order valence-electron chi connectivity index (χ2n) is 4.47. The third kappa shape index (κ3) is 2.56. The van der Waals surface area contributed by atoms with Crippen LogP contribution >= 0.6 is 0 Å². The van der Waals surface area contributed by atoms with Crippen molar-refractivity contribution >= 4 is 15.9 Å². The minimum atomic E-state index is -3.66. The summed E-state index contributed by atoms with van der Waals surface area (Å²) in [5, 5.41) is 11.7. The summed E-state index contributed by atoms with van der Waals surface area (Å²) in [6.07, 6.45) is 1.22. The first-order valence-electron chi connectivity index (χ1n) is 6.14. The second-order valence-corrected chi connectivity index (χ2v) is 6.36. The fourth-order valence-electron chi connectivity index (χ4n) is 2.27. The predicted molar refractivity (Wildman–Crippen MR) is 73.3 cm³/mol. The summed E-state index contributed by atoms with van der Waals surface area (Å²) < 4.78 is 31.4. The quantitative estimate of drug-likeness (QED) is 0.366. The lowest BCUT2D eigenvalue weighted by atomic mass is 10.2. The van der Waals surface area contributed by atoms with Crippen LogP contribution in [0.1, 0.15) is 12.8 Å². The van der Waals surface area contributed by atoms with Gasteiger partial charge in [0.15, 0.2) is 5.84 Å². The third-order valence-electron chi connectivity index (χ3n) is 3.33. The Kier molecular flexibility index (Phi) is 4.15. The lowest BCUT2D eigenvalue weighted by molar-refractivity contribution is 0.311.